The zero-order chi connectivity index (χ0) is 21.4. The van der Waals surface area contributed by atoms with E-state index in [0.717, 1.165) is 5.56 Å². The first-order chi connectivity index (χ1) is 13.7. The number of hydrogen-bond donors (Lipinski definition) is 2. The molecule has 0 heterocycles. The van der Waals surface area contributed by atoms with Crippen LogP contribution >= 0.6 is 11.6 Å². The molecule has 0 spiro atoms. The molecule has 29 heavy (non-hydrogen) atoms. The highest BCUT2D eigenvalue weighted by atomic mass is 35.5. The fraction of sp³-hybridized carbons (Fsp3) is 0.300. The van der Waals surface area contributed by atoms with Crippen LogP contribution in [0.1, 0.15) is 31.9 Å². The number of nitrogens with one attached hydrogen (secondary N) is 2. The van der Waals surface area contributed by atoms with Gasteiger partial charge >= 0.3 is 5.97 Å². The molecule has 0 aromatic heterocycles. The number of esters is 1. The summed E-state index contributed by atoms with van der Waals surface area (Å²) in [7, 11) is -3.79. The van der Waals surface area contributed by atoms with Gasteiger partial charge in [0.1, 0.15) is 0 Å². The molecular weight excluding hydrogens is 416 g/mol. The summed E-state index contributed by atoms with van der Waals surface area (Å²) in [6.07, 6.45) is -1.22. The summed E-state index contributed by atoms with van der Waals surface area (Å²) in [6, 6.07) is 14.9. The van der Waals surface area contributed by atoms with Crippen LogP contribution in [0.15, 0.2) is 59.5 Å². The molecule has 7 nitrogen and oxygen atoms in total. The molecule has 9 heteroatoms. The van der Waals surface area contributed by atoms with Crippen molar-refractivity contribution in [2.24, 2.45) is 0 Å². The Kier molecular flexibility index (Phi) is 8.19. The SMILES string of the molecule is CC(OC(=O)CCNS(=O)(=O)c1cccc(Cl)c1)C(=O)NC(C)c1ccccc1. The Balaban J connectivity index is 1.79. The maximum absolute atomic E-state index is 12.2. The van der Waals surface area contributed by atoms with Crippen molar-refractivity contribution in [2.45, 2.75) is 37.3 Å². The van der Waals surface area contributed by atoms with E-state index in [1.807, 2.05) is 37.3 Å². The molecule has 2 atom stereocenters. The van der Waals surface area contributed by atoms with Crippen molar-refractivity contribution >= 4 is 33.5 Å². The molecule has 2 aromatic carbocycles. The Morgan fingerprint density at radius 2 is 1.76 bits per heavy atom. The van der Waals surface area contributed by atoms with E-state index in [4.69, 9.17) is 16.3 Å². The molecule has 2 unspecified atom stereocenters. The second-order valence-corrected chi connectivity index (χ2v) is 8.58. The molecule has 0 aliphatic carbocycles. The van der Waals surface area contributed by atoms with Crippen LogP contribution in [0.5, 0.6) is 0 Å². The van der Waals surface area contributed by atoms with Gasteiger partial charge in [-0.1, -0.05) is 48.0 Å². The third kappa shape index (κ3) is 7.16. The lowest BCUT2D eigenvalue weighted by Crippen LogP contribution is -2.37. The van der Waals surface area contributed by atoms with Gasteiger partial charge in [-0.2, -0.15) is 0 Å². The van der Waals surface area contributed by atoms with Crippen LogP contribution in [-0.4, -0.2) is 32.9 Å². The summed E-state index contributed by atoms with van der Waals surface area (Å²) >= 11 is 5.79. The Morgan fingerprint density at radius 3 is 2.41 bits per heavy atom. The van der Waals surface area contributed by atoms with Crippen molar-refractivity contribution in [3.63, 3.8) is 0 Å². The van der Waals surface area contributed by atoms with Gasteiger partial charge in [-0.25, -0.2) is 13.1 Å². The van der Waals surface area contributed by atoms with Crippen molar-refractivity contribution in [1.82, 2.24) is 10.0 Å². The van der Waals surface area contributed by atoms with E-state index in [2.05, 4.69) is 10.0 Å². The zero-order valence-electron chi connectivity index (χ0n) is 16.1. The van der Waals surface area contributed by atoms with E-state index in [9.17, 15) is 18.0 Å². The number of amides is 1. The normalized spacial score (nSPS) is 13.3. The standard InChI is InChI=1S/C20H23ClN2O5S/c1-14(16-7-4-3-5-8-16)23-20(25)15(2)28-19(24)11-12-22-29(26,27)18-10-6-9-17(21)13-18/h3-10,13-15,22H,11-12H2,1-2H3,(H,23,25). The van der Waals surface area contributed by atoms with Gasteiger partial charge in [0.2, 0.25) is 10.0 Å². The number of hydrogen-bond acceptors (Lipinski definition) is 5. The average Bonchev–Trinajstić information content (AvgIpc) is 2.68. The summed E-state index contributed by atoms with van der Waals surface area (Å²) in [5, 5.41) is 3.06. The molecule has 0 saturated heterocycles. The summed E-state index contributed by atoms with van der Waals surface area (Å²) in [4.78, 5) is 24.1. The molecule has 2 rings (SSSR count). The predicted molar refractivity (Wildman–Crippen MR) is 110 cm³/mol. The number of sulfonamides is 1. The third-order valence-electron chi connectivity index (χ3n) is 4.06. The molecule has 156 valence electrons. The van der Waals surface area contributed by atoms with Gasteiger partial charge in [0.15, 0.2) is 6.10 Å². The lowest BCUT2D eigenvalue weighted by molar-refractivity contribution is -0.154. The van der Waals surface area contributed by atoms with Crippen molar-refractivity contribution < 1.29 is 22.7 Å². The molecule has 0 fully saturated rings. The first-order valence-electron chi connectivity index (χ1n) is 8.99. The number of carbonyl (C=O) groups is 2. The maximum Gasteiger partial charge on any atom is 0.307 e. The monoisotopic (exact) mass is 438 g/mol. The van der Waals surface area contributed by atoms with Gasteiger partial charge in [-0.05, 0) is 37.6 Å². The molecule has 0 radical (unpaired) electrons. The molecular formula is C20H23ClN2O5S. The lowest BCUT2D eigenvalue weighted by Gasteiger charge is -2.18. The van der Waals surface area contributed by atoms with E-state index in [1.54, 1.807) is 6.07 Å². The second-order valence-electron chi connectivity index (χ2n) is 6.38. The Hall–Kier alpha value is -2.42. The Bertz CT molecular complexity index is 950. The van der Waals surface area contributed by atoms with Crippen molar-refractivity contribution in [2.75, 3.05) is 6.54 Å². The molecule has 0 aliphatic heterocycles. The molecule has 0 aliphatic rings. The topological polar surface area (TPSA) is 102 Å². The highest BCUT2D eigenvalue weighted by Gasteiger charge is 2.21. The van der Waals surface area contributed by atoms with Crippen molar-refractivity contribution in [1.29, 1.82) is 0 Å². The quantitative estimate of drug-likeness (QED) is 0.586. The van der Waals surface area contributed by atoms with E-state index in [1.165, 1.54) is 25.1 Å². The molecule has 2 N–H and O–H groups in total. The summed E-state index contributed by atoms with van der Waals surface area (Å²) in [5.74, 6) is -1.12. The zero-order valence-corrected chi connectivity index (χ0v) is 17.7. The highest BCUT2D eigenvalue weighted by molar-refractivity contribution is 7.89. The number of rotatable bonds is 9. The maximum atomic E-state index is 12.2. The summed E-state index contributed by atoms with van der Waals surface area (Å²) < 4.78 is 31.7. The van der Waals surface area contributed by atoms with Crippen LogP contribution in [0.4, 0.5) is 0 Å². The van der Waals surface area contributed by atoms with E-state index < -0.39 is 28.0 Å². The largest absolute Gasteiger partial charge is 0.453 e. The van der Waals surface area contributed by atoms with Crippen LogP contribution in [-0.2, 0) is 24.3 Å². The van der Waals surface area contributed by atoms with Crippen LogP contribution in [0.2, 0.25) is 5.02 Å². The Labute approximate surface area is 175 Å². The van der Waals surface area contributed by atoms with Gasteiger partial charge in [-0.15, -0.1) is 0 Å². The van der Waals surface area contributed by atoms with Crippen LogP contribution < -0.4 is 10.0 Å². The molecule has 0 saturated carbocycles. The number of carbonyl (C=O) groups excluding carboxylic acids is 2. The van der Waals surface area contributed by atoms with E-state index >= 15 is 0 Å². The number of halogens is 1. The fourth-order valence-corrected chi connectivity index (χ4v) is 3.80. The summed E-state index contributed by atoms with van der Waals surface area (Å²) in [6.45, 7) is 3.12. The second kappa shape index (κ2) is 10.4. The average molecular weight is 439 g/mol. The Morgan fingerprint density at radius 1 is 1.07 bits per heavy atom. The number of benzene rings is 2. The van der Waals surface area contributed by atoms with Crippen molar-refractivity contribution in [3.8, 4) is 0 Å². The van der Waals surface area contributed by atoms with E-state index in [0.29, 0.717) is 0 Å². The number of ether oxygens (including phenoxy) is 1. The van der Waals surface area contributed by atoms with Gasteiger partial charge < -0.3 is 10.1 Å². The smallest absolute Gasteiger partial charge is 0.307 e. The van der Waals surface area contributed by atoms with Gasteiger partial charge in [0.25, 0.3) is 5.91 Å². The van der Waals surface area contributed by atoms with Gasteiger partial charge in [-0.3, -0.25) is 9.59 Å². The molecule has 0 bridgehead atoms. The molecule has 2 aromatic rings. The third-order valence-corrected chi connectivity index (χ3v) is 5.76. The minimum atomic E-state index is -3.79. The minimum absolute atomic E-state index is 0.000938. The van der Waals surface area contributed by atoms with Gasteiger partial charge in [0, 0.05) is 11.6 Å². The van der Waals surface area contributed by atoms with Gasteiger partial charge in [0.05, 0.1) is 17.4 Å². The van der Waals surface area contributed by atoms with Crippen LogP contribution in [0.3, 0.4) is 0 Å². The highest BCUT2D eigenvalue weighted by Crippen LogP contribution is 2.15. The predicted octanol–water partition coefficient (Wildman–Crippen LogP) is 2.82. The van der Waals surface area contributed by atoms with Crippen molar-refractivity contribution in [3.05, 3.63) is 65.2 Å². The summed E-state index contributed by atoms with van der Waals surface area (Å²) in [5.41, 5.74) is 0.926. The van der Waals surface area contributed by atoms with Crippen LogP contribution in [0.25, 0.3) is 0 Å². The first kappa shape index (κ1) is 22.9. The fourth-order valence-electron chi connectivity index (χ4n) is 2.47. The van der Waals surface area contributed by atoms with E-state index in [-0.39, 0.29) is 28.9 Å². The van der Waals surface area contributed by atoms with Crippen LogP contribution in [0, 0.1) is 0 Å². The molecule has 1 amide bonds. The lowest BCUT2D eigenvalue weighted by atomic mass is 10.1. The first-order valence-corrected chi connectivity index (χ1v) is 10.8. The minimum Gasteiger partial charge on any atom is -0.453 e.